The molecule has 0 spiro atoms. The van der Waals surface area contributed by atoms with Gasteiger partial charge in [-0.05, 0) is 42.7 Å². The molecule has 1 atom stereocenters. The topological polar surface area (TPSA) is 71.3 Å². The zero-order valence-corrected chi connectivity index (χ0v) is 12.1. The molecule has 1 aromatic heterocycles. The Hall–Kier alpha value is -2.56. The maximum atomic E-state index is 12.3. The molecule has 2 N–H and O–H groups in total. The van der Waals surface area contributed by atoms with Crippen LogP contribution < -0.4 is 5.32 Å². The average molecular weight is 298 g/mol. The number of hydrogen-bond acceptors (Lipinski definition) is 2. The van der Waals surface area contributed by atoms with E-state index in [9.17, 15) is 14.7 Å². The number of hydrogen-bond donors (Lipinski definition) is 2. The maximum absolute atomic E-state index is 12.3. The Bertz CT molecular complexity index is 675. The number of aromatic nitrogens is 1. The van der Waals surface area contributed by atoms with Gasteiger partial charge in [-0.3, -0.25) is 4.79 Å². The fourth-order valence-electron chi connectivity index (χ4n) is 2.46. The van der Waals surface area contributed by atoms with Gasteiger partial charge >= 0.3 is 5.97 Å². The van der Waals surface area contributed by atoms with Crippen molar-refractivity contribution < 1.29 is 14.7 Å². The summed E-state index contributed by atoms with van der Waals surface area (Å²) in [6, 6.07) is 10.1. The Morgan fingerprint density at radius 1 is 1.23 bits per heavy atom. The lowest BCUT2D eigenvalue weighted by Crippen LogP contribution is -2.41. The molecule has 114 valence electrons. The summed E-state index contributed by atoms with van der Waals surface area (Å²) in [5, 5.41) is 11.9. The Balaban J connectivity index is 1.73. The van der Waals surface area contributed by atoms with Crippen LogP contribution in [0.1, 0.15) is 29.6 Å². The van der Waals surface area contributed by atoms with Gasteiger partial charge in [-0.25, -0.2) is 4.79 Å². The zero-order chi connectivity index (χ0) is 15.5. The van der Waals surface area contributed by atoms with E-state index >= 15 is 0 Å². The number of rotatable bonds is 6. The summed E-state index contributed by atoms with van der Waals surface area (Å²) in [6.45, 7) is 0. The van der Waals surface area contributed by atoms with E-state index in [1.54, 1.807) is 18.2 Å². The molecule has 0 bridgehead atoms. The monoisotopic (exact) mass is 298 g/mol. The lowest BCUT2D eigenvalue weighted by atomic mass is 10.1. The number of nitrogens with zero attached hydrogens (tertiary/aromatic N) is 1. The van der Waals surface area contributed by atoms with Crippen LogP contribution in [0.3, 0.4) is 0 Å². The van der Waals surface area contributed by atoms with Crippen LogP contribution in [0, 0.1) is 5.92 Å². The number of carbonyl (C=O) groups excluding carboxylic acids is 1. The molecular formula is C17H18N2O3. The van der Waals surface area contributed by atoms with Gasteiger partial charge < -0.3 is 15.0 Å². The van der Waals surface area contributed by atoms with Crippen molar-refractivity contribution >= 4 is 11.9 Å². The fourth-order valence-corrected chi connectivity index (χ4v) is 2.46. The SMILES string of the molecule is O=C(NC(CC1CC1)C(=O)O)c1cccc(-n2cccc2)c1. The number of aliphatic carboxylic acids is 1. The molecule has 1 aromatic carbocycles. The first-order valence-corrected chi connectivity index (χ1v) is 7.40. The average Bonchev–Trinajstić information content (AvgIpc) is 3.16. The second-order valence-electron chi connectivity index (χ2n) is 5.68. The van der Waals surface area contributed by atoms with Crippen LogP contribution in [0.4, 0.5) is 0 Å². The van der Waals surface area contributed by atoms with E-state index in [1.165, 1.54) is 0 Å². The lowest BCUT2D eigenvalue weighted by Gasteiger charge is -2.14. The molecular weight excluding hydrogens is 280 g/mol. The minimum absolute atomic E-state index is 0.345. The number of carboxylic acid groups (broad SMARTS) is 1. The minimum atomic E-state index is -0.971. The largest absolute Gasteiger partial charge is 0.480 e. The van der Waals surface area contributed by atoms with Gasteiger partial charge in [-0.1, -0.05) is 18.9 Å². The molecule has 0 aliphatic heterocycles. The van der Waals surface area contributed by atoms with Gasteiger partial charge in [0, 0.05) is 23.6 Å². The van der Waals surface area contributed by atoms with Crippen molar-refractivity contribution in [3.8, 4) is 5.69 Å². The maximum Gasteiger partial charge on any atom is 0.326 e. The van der Waals surface area contributed by atoms with E-state index in [0.717, 1.165) is 18.5 Å². The first-order valence-electron chi connectivity index (χ1n) is 7.40. The summed E-state index contributed by atoms with van der Waals surface area (Å²) in [6.07, 6.45) is 6.41. The van der Waals surface area contributed by atoms with Gasteiger partial charge in [0.15, 0.2) is 0 Å². The van der Waals surface area contributed by atoms with Crippen LogP contribution in [0.15, 0.2) is 48.8 Å². The van der Waals surface area contributed by atoms with Gasteiger partial charge in [-0.2, -0.15) is 0 Å². The second-order valence-corrected chi connectivity index (χ2v) is 5.68. The van der Waals surface area contributed by atoms with Crippen LogP contribution >= 0.6 is 0 Å². The fraction of sp³-hybridized carbons (Fsp3) is 0.294. The highest BCUT2D eigenvalue weighted by Crippen LogP contribution is 2.33. The predicted octanol–water partition coefficient (Wildman–Crippen LogP) is 2.46. The molecule has 22 heavy (non-hydrogen) atoms. The highest BCUT2D eigenvalue weighted by atomic mass is 16.4. The molecule has 3 rings (SSSR count). The number of amides is 1. The number of nitrogens with one attached hydrogen (secondary N) is 1. The van der Waals surface area contributed by atoms with E-state index in [2.05, 4.69) is 5.32 Å². The number of carbonyl (C=O) groups is 2. The molecule has 0 saturated heterocycles. The van der Waals surface area contributed by atoms with Crippen LogP contribution in [0.5, 0.6) is 0 Å². The summed E-state index contributed by atoms with van der Waals surface area (Å²) in [5.41, 5.74) is 1.33. The molecule has 0 radical (unpaired) electrons. The Labute approximate surface area is 128 Å². The summed E-state index contributed by atoms with van der Waals surface area (Å²) >= 11 is 0. The van der Waals surface area contributed by atoms with Gasteiger partial charge in [0.05, 0.1) is 0 Å². The molecule has 2 aromatic rings. The van der Waals surface area contributed by atoms with E-state index in [4.69, 9.17) is 0 Å². The third kappa shape index (κ3) is 3.36. The van der Waals surface area contributed by atoms with Gasteiger partial charge in [0.25, 0.3) is 5.91 Å². The third-order valence-corrected chi connectivity index (χ3v) is 3.88. The van der Waals surface area contributed by atoms with Crippen LogP contribution in [0.2, 0.25) is 0 Å². The van der Waals surface area contributed by atoms with Crippen molar-refractivity contribution in [1.82, 2.24) is 9.88 Å². The molecule has 5 nitrogen and oxygen atoms in total. The summed E-state index contributed by atoms with van der Waals surface area (Å²) in [7, 11) is 0. The quantitative estimate of drug-likeness (QED) is 0.860. The summed E-state index contributed by atoms with van der Waals surface area (Å²) in [4.78, 5) is 23.6. The molecule has 1 heterocycles. The van der Waals surface area contributed by atoms with Crippen LogP contribution in [0.25, 0.3) is 5.69 Å². The summed E-state index contributed by atoms with van der Waals surface area (Å²) in [5.74, 6) is -0.878. The Morgan fingerprint density at radius 2 is 1.95 bits per heavy atom. The molecule has 1 aliphatic carbocycles. The molecule has 1 aliphatic rings. The van der Waals surface area contributed by atoms with E-state index < -0.39 is 12.0 Å². The Morgan fingerprint density at radius 3 is 2.59 bits per heavy atom. The number of benzene rings is 1. The van der Waals surface area contributed by atoms with Crippen molar-refractivity contribution in [1.29, 1.82) is 0 Å². The van der Waals surface area contributed by atoms with Gasteiger partial charge in [0.2, 0.25) is 0 Å². The molecule has 1 saturated carbocycles. The van der Waals surface area contributed by atoms with E-state index in [1.807, 2.05) is 35.2 Å². The van der Waals surface area contributed by atoms with E-state index in [-0.39, 0.29) is 5.91 Å². The van der Waals surface area contributed by atoms with Crippen LogP contribution in [-0.2, 0) is 4.79 Å². The van der Waals surface area contributed by atoms with Crippen molar-refractivity contribution in [2.45, 2.75) is 25.3 Å². The molecule has 5 heteroatoms. The third-order valence-electron chi connectivity index (χ3n) is 3.88. The second kappa shape index (κ2) is 6.05. The number of carboxylic acids is 1. The van der Waals surface area contributed by atoms with Crippen molar-refractivity contribution in [2.75, 3.05) is 0 Å². The van der Waals surface area contributed by atoms with Crippen molar-refractivity contribution in [3.63, 3.8) is 0 Å². The molecule has 1 unspecified atom stereocenters. The molecule has 1 amide bonds. The van der Waals surface area contributed by atoms with Crippen LogP contribution in [-0.4, -0.2) is 27.6 Å². The first kappa shape index (κ1) is 14.4. The Kier molecular flexibility index (Phi) is 3.96. The molecule has 1 fully saturated rings. The lowest BCUT2D eigenvalue weighted by molar-refractivity contribution is -0.139. The highest BCUT2D eigenvalue weighted by molar-refractivity contribution is 5.97. The van der Waals surface area contributed by atoms with Gasteiger partial charge in [-0.15, -0.1) is 0 Å². The minimum Gasteiger partial charge on any atom is -0.480 e. The predicted molar refractivity (Wildman–Crippen MR) is 82.0 cm³/mol. The van der Waals surface area contributed by atoms with Crippen molar-refractivity contribution in [2.24, 2.45) is 5.92 Å². The zero-order valence-electron chi connectivity index (χ0n) is 12.1. The van der Waals surface area contributed by atoms with E-state index in [0.29, 0.717) is 17.9 Å². The standard InChI is InChI=1S/C17H18N2O3/c20-16(18-15(17(21)22)10-12-6-7-12)13-4-3-5-14(11-13)19-8-1-2-9-19/h1-5,8-9,11-12,15H,6-7,10H2,(H,18,20)(H,21,22). The van der Waals surface area contributed by atoms with Gasteiger partial charge in [0.1, 0.15) is 6.04 Å². The van der Waals surface area contributed by atoms with Crippen molar-refractivity contribution in [3.05, 3.63) is 54.4 Å². The highest BCUT2D eigenvalue weighted by Gasteiger charge is 2.30. The first-order chi connectivity index (χ1) is 10.6. The smallest absolute Gasteiger partial charge is 0.326 e. The summed E-state index contributed by atoms with van der Waals surface area (Å²) < 4.78 is 1.90. The normalized spacial score (nSPS) is 15.3.